The molecule has 2 N–H and O–H groups in total. The third-order valence-electron chi connectivity index (χ3n) is 5.86. The molecule has 0 spiro atoms. The van der Waals surface area contributed by atoms with Crippen LogP contribution < -0.4 is 16.0 Å². The number of nitrogens with two attached hydrogens (primary N) is 1. The van der Waals surface area contributed by atoms with Crippen LogP contribution in [0.3, 0.4) is 0 Å². The van der Waals surface area contributed by atoms with Gasteiger partial charge in [-0.15, -0.1) is 0 Å². The van der Waals surface area contributed by atoms with Gasteiger partial charge in [-0.25, -0.2) is 4.79 Å². The molecule has 3 aromatic carbocycles. The summed E-state index contributed by atoms with van der Waals surface area (Å²) in [5.74, 6) is -0.112. The van der Waals surface area contributed by atoms with Crippen LogP contribution in [0.25, 0.3) is 27.6 Å². The zero-order chi connectivity index (χ0) is 25.1. The highest BCUT2D eigenvalue weighted by Crippen LogP contribution is 2.34. The highest BCUT2D eigenvalue weighted by molar-refractivity contribution is 6.07. The maximum absolute atomic E-state index is 13.9. The molecule has 0 atom stereocenters. The molecule has 2 aromatic heterocycles. The van der Waals surface area contributed by atoms with Gasteiger partial charge in [0.15, 0.2) is 0 Å². The molecule has 0 saturated carbocycles. The minimum absolute atomic E-state index is 0.133. The molecule has 2 heterocycles. The summed E-state index contributed by atoms with van der Waals surface area (Å²) in [5, 5.41) is 1.01. The van der Waals surface area contributed by atoms with Crippen molar-refractivity contribution in [2.24, 2.45) is 0 Å². The van der Waals surface area contributed by atoms with Crippen LogP contribution >= 0.6 is 0 Å². The van der Waals surface area contributed by atoms with Crippen LogP contribution in [0, 0.1) is 0 Å². The Morgan fingerprint density at radius 2 is 1.67 bits per heavy atom. The van der Waals surface area contributed by atoms with Gasteiger partial charge in [-0.05, 0) is 65.5 Å². The molecule has 0 radical (unpaired) electrons. The first-order chi connectivity index (χ1) is 17.6. The Balaban J connectivity index is 1.78. The number of aromatic nitrogens is 2. The number of carbonyl (C=O) groups excluding carboxylic acids is 1. The van der Waals surface area contributed by atoms with Crippen molar-refractivity contribution in [3.8, 4) is 22.6 Å². The molecule has 0 bridgehead atoms. The van der Waals surface area contributed by atoms with Gasteiger partial charge in [0.2, 0.25) is 0 Å². The van der Waals surface area contributed by atoms with Crippen LogP contribution in [0.1, 0.15) is 16.2 Å². The van der Waals surface area contributed by atoms with E-state index in [2.05, 4.69) is 4.98 Å². The maximum Gasteiger partial charge on any atom is 0.355 e. The van der Waals surface area contributed by atoms with E-state index in [4.69, 9.17) is 15.2 Å². The SMILES string of the molecule is COC(=O)c1c(-c2ccccc2)c2ccc(OCc3ccccn3)cc2c(=O)n1-c1ccc(N)cc1. The zero-order valence-electron chi connectivity index (χ0n) is 19.5. The number of benzene rings is 3. The van der Waals surface area contributed by atoms with Gasteiger partial charge in [-0.2, -0.15) is 0 Å². The van der Waals surface area contributed by atoms with E-state index in [9.17, 15) is 9.59 Å². The third kappa shape index (κ3) is 4.30. The Hall–Kier alpha value is -4.91. The number of hydrogen-bond acceptors (Lipinski definition) is 6. The zero-order valence-corrected chi connectivity index (χ0v) is 19.5. The minimum Gasteiger partial charge on any atom is -0.487 e. The molecule has 36 heavy (non-hydrogen) atoms. The van der Waals surface area contributed by atoms with Crippen LogP contribution in [-0.2, 0) is 11.3 Å². The smallest absolute Gasteiger partial charge is 0.355 e. The lowest BCUT2D eigenvalue weighted by Gasteiger charge is -2.19. The van der Waals surface area contributed by atoms with E-state index in [0.717, 1.165) is 11.3 Å². The summed E-state index contributed by atoms with van der Waals surface area (Å²) >= 11 is 0. The Labute approximate surface area is 207 Å². The number of hydrogen-bond donors (Lipinski definition) is 1. The van der Waals surface area contributed by atoms with Crippen molar-refractivity contribution >= 4 is 22.4 Å². The van der Waals surface area contributed by atoms with Crippen molar-refractivity contribution in [1.29, 1.82) is 0 Å². The van der Waals surface area contributed by atoms with Gasteiger partial charge in [-0.1, -0.05) is 36.4 Å². The van der Waals surface area contributed by atoms with Crippen molar-refractivity contribution in [3.63, 3.8) is 0 Å². The molecule has 0 fully saturated rings. The second kappa shape index (κ2) is 9.76. The lowest BCUT2D eigenvalue weighted by molar-refractivity contribution is 0.0591. The fraction of sp³-hybridized carbons (Fsp3) is 0.0690. The van der Waals surface area contributed by atoms with Gasteiger partial charge in [-0.3, -0.25) is 14.3 Å². The fourth-order valence-corrected chi connectivity index (χ4v) is 4.17. The van der Waals surface area contributed by atoms with Crippen molar-refractivity contribution < 1.29 is 14.3 Å². The predicted octanol–water partition coefficient (Wildman–Crippen LogP) is 5.00. The average molecular weight is 478 g/mol. The van der Waals surface area contributed by atoms with Crippen LogP contribution in [0.2, 0.25) is 0 Å². The number of rotatable bonds is 6. The molecular weight excluding hydrogens is 454 g/mol. The number of ether oxygens (including phenoxy) is 2. The molecule has 5 aromatic rings. The summed E-state index contributed by atoms with van der Waals surface area (Å²) in [5.41, 5.74) is 8.80. The highest BCUT2D eigenvalue weighted by Gasteiger charge is 2.25. The highest BCUT2D eigenvalue weighted by atomic mass is 16.5. The molecule has 7 heteroatoms. The van der Waals surface area contributed by atoms with Crippen LogP contribution in [-0.4, -0.2) is 22.6 Å². The predicted molar refractivity (Wildman–Crippen MR) is 139 cm³/mol. The van der Waals surface area contributed by atoms with E-state index in [-0.39, 0.29) is 17.9 Å². The van der Waals surface area contributed by atoms with Crippen molar-refractivity contribution in [3.05, 3.63) is 119 Å². The molecular formula is C29H23N3O4. The Kier molecular flexibility index (Phi) is 6.19. The molecule has 0 saturated heterocycles. The normalized spacial score (nSPS) is 10.8. The van der Waals surface area contributed by atoms with Crippen molar-refractivity contribution in [2.45, 2.75) is 6.61 Å². The summed E-state index contributed by atoms with van der Waals surface area (Å²) < 4.78 is 12.5. The number of carbonyl (C=O) groups is 1. The summed E-state index contributed by atoms with van der Waals surface area (Å²) in [7, 11) is 1.30. The van der Waals surface area contributed by atoms with Gasteiger partial charge in [0.05, 0.1) is 18.2 Å². The van der Waals surface area contributed by atoms with E-state index < -0.39 is 5.97 Å². The third-order valence-corrected chi connectivity index (χ3v) is 5.86. The van der Waals surface area contributed by atoms with Gasteiger partial charge in [0, 0.05) is 23.1 Å². The van der Waals surface area contributed by atoms with E-state index in [1.165, 1.54) is 11.7 Å². The van der Waals surface area contributed by atoms with E-state index in [1.807, 2.05) is 48.5 Å². The summed E-state index contributed by atoms with van der Waals surface area (Å²) in [4.78, 5) is 31.3. The molecule has 0 unspecified atom stereocenters. The first kappa shape index (κ1) is 22.9. The topological polar surface area (TPSA) is 96.4 Å². The molecule has 0 aliphatic heterocycles. The number of nitrogens with zero attached hydrogens (tertiary/aromatic N) is 2. The van der Waals surface area contributed by atoms with E-state index in [1.54, 1.807) is 48.7 Å². The first-order valence-corrected chi connectivity index (χ1v) is 11.3. The van der Waals surface area contributed by atoms with Crippen LogP contribution in [0.15, 0.2) is 102 Å². The van der Waals surface area contributed by atoms with Gasteiger partial charge in [0.1, 0.15) is 18.1 Å². The second-order valence-corrected chi connectivity index (χ2v) is 8.13. The molecule has 0 aliphatic carbocycles. The number of pyridine rings is 2. The molecule has 7 nitrogen and oxygen atoms in total. The van der Waals surface area contributed by atoms with Crippen LogP contribution in [0.4, 0.5) is 5.69 Å². The summed E-state index contributed by atoms with van der Waals surface area (Å²) in [6.45, 7) is 0.254. The molecule has 5 rings (SSSR count). The van der Waals surface area contributed by atoms with Crippen molar-refractivity contribution in [2.75, 3.05) is 12.8 Å². The molecule has 0 aliphatic rings. The standard InChI is InChI=1S/C29H23N3O4/c1-35-29(34)27-26(19-7-3-2-4-8-19)24-15-14-23(36-18-21-9-5-6-16-31-21)17-25(24)28(33)32(27)22-12-10-20(30)11-13-22/h2-17H,18,30H2,1H3. The minimum atomic E-state index is -0.625. The largest absolute Gasteiger partial charge is 0.487 e. The maximum atomic E-state index is 13.9. The van der Waals surface area contributed by atoms with E-state index >= 15 is 0 Å². The quantitative estimate of drug-likeness (QED) is 0.273. The van der Waals surface area contributed by atoms with Crippen LogP contribution in [0.5, 0.6) is 5.75 Å². The average Bonchev–Trinajstić information content (AvgIpc) is 2.93. The van der Waals surface area contributed by atoms with E-state index in [0.29, 0.717) is 33.5 Å². The Bertz CT molecular complexity index is 1600. The van der Waals surface area contributed by atoms with Gasteiger partial charge < -0.3 is 15.2 Å². The van der Waals surface area contributed by atoms with Gasteiger partial charge >= 0.3 is 5.97 Å². The number of esters is 1. The second-order valence-electron chi connectivity index (χ2n) is 8.13. The Morgan fingerprint density at radius 3 is 2.36 bits per heavy atom. The number of fused-ring (bicyclic) bond motifs is 1. The van der Waals surface area contributed by atoms with Crippen molar-refractivity contribution in [1.82, 2.24) is 9.55 Å². The fourth-order valence-electron chi connectivity index (χ4n) is 4.17. The Morgan fingerprint density at radius 1 is 0.917 bits per heavy atom. The number of methoxy groups -OCH3 is 1. The summed E-state index contributed by atoms with van der Waals surface area (Å²) in [6, 6.07) is 27.1. The lowest BCUT2D eigenvalue weighted by atomic mass is 9.96. The lowest BCUT2D eigenvalue weighted by Crippen LogP contribution is -2.27. The molecule has 0 amide bonds. The monoisotopic (exact) mass is 477 g/mol. The number of nitrogen functional groups attached to an aromatic ring is 1. The van der Waals surface area contributed by atoms with Gasteiger partial charge in [0.25, 0.3) is 5.56 Å². The molecule has 178 valence electrons. The number of anilines is 1. The summed E-state index contributed by atoms with van der Waals surface area (Å²) in [6.07, 6.45) is 1.70. The first-order valence-electron chi connectivity index (χ1n) is 11.3.